The molecule has 0 spiro atoms. The first-order chi connectivity index (χ1) is 8.90. The van der Waals surface area contributed by atoms with Crippen LogP contribution in [0, 0.1) is 0 Å². The lowest BCUT2D eigenvalue weighted by molar-refractivity contribution is -0.142. The number of rotatable bonds is 5. The summed E-state index contributed by atoms with van der Waals surface area (Å²) in [5, 5.41) is 0. The number of hydrogen-bond donors (Lipinski definition) is 0. The number of methoxy groups -OCH3 is 1. The lowest BCUT2D eigenvalue weighted by atomic mass is 10.2. The molecule has 0 aliphatic rings. The van der Waals surface area contributed by atoms with Gasteiger partial charge in [-0.05, 0) is 45.0 Å². The van der Waals surface area contributed by atoms with Crippen molar-refractivity contribution in [2.24, 2.45) is 0 Å². The second kappa shape index (κ2) is 6.61. The Kier molecular flexibility index (Phi) is 5.42. The van der Waals surface area contributed by atoms with Crippen molar-refractivity contribution in [3.63, 3.8) is 0 Å². The zero-order chi connectivity index (χ0) is 14.5. The van der Waals surface area contributed by atoms with Crippen molar-refractivity contribution in [3.8, 4) is 0 Å². The Bertz CT molecular complexity index is 451. The molecular weight excluding hydrogens is 264 g/mol. The molecule has 0 fully saturated rings. The molecule has 0 aliphatic heterocycles. The van der Waals surface area contributed by atoms with E-state index < -0.39 is 4.75 Å². The highest BCUT2D eigenvalue weighted by molar-refractivity contribution is 8.01. The van der Waals surface area contributed by atoms with Crippen LogP contribution in [0.5, 0.6) is 0 Å². The summed E-state index contributed by atoms with van der Waals surface area (Å²) in [5.74, 6) is -0.627. The zero-order valence-electron chi connectivity index (χ0n) is 11.6. The van der Waals surface area contributed by atoms with Crippen LogP contribution in [0.3, 0.4) is 0 Å². The van der Waals surface area contributed by atoms with Gasteiger partial charge in [-0.3, -0.25) is 4.79 Å². The number of carbonyl (C=O) groups excluding carboxylic acids is 2. The predicted octanol–water partition coefficient (Wildman–Crippen LogP) is 2.91. The highest BCUT2D eigenvalue weighted by atomic mass is 32.2. The monoisotopic (exact) mass is 282 g/mol. The van der Waals surface area contributed by atoms with Gasteiger partial charge in [0.05, 0.1) is 19.3 Å². The Hall–Kier alpha value is -1.49. The van der Waals surface area contributed by atoms with Crippen LogP contribution in [0.2, 0.25) is 0 Å². The molecule has 0 aromatic heterocycles. The molecule has 5 heteroatoms. The number of thioether (sulfide) groups is 1. The molecule has 0 bridgehead atoms. The minimum absolute atomic E-state index is 0.285. The fourth-order valence-electron chi connectivity index (χ4n) is 1.46. The third kappa shape index (κ3) is 4.28. The molecule has 4 nitrogen and oxygen atoms in total. The van der Waals surface area contributed by atoms with Gasteiger partial charge in [-0.25, -0.2) is 4.79 Å². The van der Waals surface area contributed by atoms with Gasteiger partial charge in [-0.15, -0.1) is 11.8 Å². The Labute approximate surface area is 117 Å². The fraction of sp³-hybridized carbons (Fsp3) is 0.429. The summed E-state index contributed by atoms with van der Waals surface area (Å²) in [5.41, 5.74) is 0.502. The Morgan fingerprint density at radius 2 is 1.79 bits per heavy atom. The minimum atomic E-state index is -0.666. The zero-order valence-corrected chi connectivity index (χ0v) is 12.4. The van der Waals surface area contributed by atoms with E-state index in [1.165, 1.54) is 18.9 Å². The van der Waals surface area contributed by atoms with Gasteiger partial charge in [0.25, 0.3) is 0 Å². The average molecular weight is 282 g/mol. The van der Waals surface area contributed by atoms with Gasteiger partial charge in [0, 0.05) is 4.90 Å². The topological polar surface area (TPSA) is 52.6 Å². The van der Waals surface area contributed by atoms with E-state index in [2.05, 4.69) is 0 Å². The lowest BCUT2D eigenvalue weighted by Gasteiger charge is -2.20. The van der Waals surface area contributed by atoms with E-state index in [1.807, 2.05) is 0 Å². The van der Waals surface area contributed by atoms with Crippen molar-refractivity contribution in [2.75, 3.05) is 13.7 Å². The van der Waals surface area contributed by atoms with Gasteiger partial charge in [0.2, 0.25) is 0 Å². The normalized spacial score (nSPS) is 10.9. The van der Waals surface area contributed by atoms with E-state index in [4.69, 9.17) is 9.47 Å². The van der Waals surface area contributed by atoms with Gasteiger partial charge in [-0.1, -0.05) is 0 Å². The molecule has 0 N–H and O–H groups in total. The molecule has 0 atom stereocenters. The Balaban J connectivity index is 2.77. The Morgan fingerprint density at radius 1 is 1.21 bits per heavy atom. The summed E-state index contributed by atoms with van der Waals surface area (Å²) >= 11 is 1.39. The minimum Gasteiger partial charge on any atom is -0.468 e. The van der Waals surface area contributed by atoms with Crippen LogP contribution in [-0.2, 0) is 14.3 Å². The van der Waals surface area contributed by atoms with E-state index >= 15 is 0 Å². The van der Waals surface area contributed by atoms with E-state index in [0.29, 0.717) is 12.2 Å². The van der Waals surface area contributed by atoms with Crippen LogP contribution in [0.1, 0.15) is 31.1 Å². The van der Waals surface area contributed by atoms with E-state index in [1.54, 1.807) is 45.0 Å². The number of hydrogen-bond acceptors (Lipinski definition) is 5. The largest absolute Gasteiger partial charge is 0.468 e. The number of ether oxygens (including phenoxy) is 2. The van der Waals surface area contributed by atoms with Gasteiger partial charge in [0.1, 0.15) is 4.75 Å². The molecule has 0 radical (unpaired) electrons. The smallest absolute Gasteiger partial charge is 0.338 e. The summed E-state index contributed by atoms with van der Waals surface area (Å²) in [6.45, 7) is 5.71. The second-order valence-electron chi connectivity index (χ2n) is 4.35. The van der Waals surface area contributed by atoms with Crippen LogP contribution < -0.4 is 0 Å². The highest BCUT2D eigenvalue weighted by Crippen LogP contribution is 2.33. The van der Waals surface area contributed by atoms with Gasteiger partial charge in [-0.2, -0.15) is 0 Å². The van der Waals surface area contributed by atoms with E-state index in [-0.39, 0.29) is 11.9 Å². The maximum Gasteiger partial charge on any atom is 0.338 e. The molecule has 0 heterocycles. The molecule has 0 amide bonds. The third-order valence-corrected chi connectivity index (χ3v) is 3.60. The van der Waals surface area contributed by atoms with Crippen molar-refractivity contribution in [1.82, 2.24) is 0 Å². The SMILES string of the molecule is CCOC(=O)c1ccc(SC(C)(C)C(=O)OC)cc1. The predicted molar refractivity (Wildman–Crippen MR) is 74.4 cm³/mol. The maximum absolute atomic E-state index is 11.6. The summed E-state index contributed by atoms with van der Waals surface area (Å²) in [6.07, 6.45) is 0. The van der Waals surface area contributed by atoms with Gasteiger partial charge in [0.15, 0.2) is 0 Å². The Morgan fingerprint density at radius 3 is 2.26 bits per heavy atom. The first kappa shape index (κ1) is 15.6. The molecule has 19 heavy (non-hydrogen) atoms. The molecule has 0 saturated carbocycles. The molecule has 0 unspecified atom stereocenters. The van der Waals surface area contributed by atoms with Crippen molar-refractivity contribution in [1.29, 1.82) is 0 Å². The fourth-order valence-corrected chi connectivity index (χ4v) is 2.48. The van der Waals surface area contributed by atoms with E-state index in [9.17, 15) is 9.59 Å². The van der Waals surface area contributed by atoms with Crippen LogP contribution in [0.15, 0.2) is 29.2 Å². The second-order valence-corrected chi connectivity index (χ2v) is 6.04. The molecule has 1 rings (SSSR count). The summed E-state index contributed by atoms with van der Waals surface area (Å²) < 4.78 is 8.99. The first-order valence-corrected chi connectivity index (χ1v) is 6.77. The van der Waals surface area contributed by atoms with Crippen LogP contribution in [0.25, 0.3) is 0 Å². The standard InChI is InChI=1S/C14H18O4S/c1-5-18-12(15)10-6-8-11(9-7-10)19-14(2,3)13(16)17-4/h6-9H,5H2,1-4H3. The summed E-state index contributed by atoms with van der Waals surface area (Å²) in [7, 11) is 1.37. The maximum atomic E-state index is 11.6. The van der Waals surface area contributed by atoms with Crippen molar-refractivity contribution >= 4 is 23.7 Å². The highest BCUT2D eigenvalue weighted by Gasteiger charge is 2.29. The molecule has 1 aromatic rings. The third-order valence-electron chi connectivity index (χ3n) is 2.42. The van der Waals surface area contributed by atoms with E-state index in [0.717, 1.165) is 4.90 Å². The van der Waals surface area contributed by atoms with Crippen LogP contribution in [-0.4, -0.2) is 30.4 Å². The number of benzene rings is 1. The molecule has 0 aliphatic carbocycles. The number of esters is 2. The van der Waals surface area contributed by atoms with Gasteiger partial charge < -0.3 is 9.47 Å². The van der Waals surface area contributed by atoms with Crippen LogP contribution >= 0.6 is 11.8 Å². The van der Waals surface area contributed by atoms with Crippen molar-refractivity contribution in [3.05, 3.63) is 29.8 Å². The molecule has 0 saturated heterocycles. The van der Waals surface area contributed by atoms with Crippen LogP contribution in [0.4, 0.5) is 0 Å². The van der Waals surface area contributed by atoms with Crippen molar-refractivity contribution < 1.29 is 19.1 Å². The lowest BCUT2D eigenvalue weighted by Crippen LogP contribution is -2.28. The summed E-state index contributed by atoms with van der Waals surface area (Å²) in [4.78, 5) is 24.0. The summed E-state index contributed by atoms with van der Waals surface area (Å²) in [6, 6.07) is 6.96. The first-order valence-electron chi connectivity index (χ1n) is 5.95. The van der Waals surface area contributed by atoms with Crippen molar-refractivity contribution in [2.45, 2.75) is 30.4 Å². The molecular formula is C14H18O4S. The average Bonchev–Trinajstić information content (AvgIpc) is 2.38. The van der Waals surface area contributed by atoms with Gasteiger partial charge >= 0.3 is 11.9 Å². The quantitative estimate of drug-likeness (QED) is 0.614. The molecule has 104 valence electrons. The number of carbonyl (C=O) groups is 2. The molecule has 1 aromatic carbocycles.